The van der Waals surface area contributed by atoms with Crippen LogP contribution < -0.4 is 16.1 Å². The van der Waals surface area contributed by atoms with E-state index in [1.807, 2.05) is 30.3 Å². The van der Waals surface area contributed by atoms with Crippen LogP contribution in [0.1, 0.15) is 44.8 Å². The van der Waals surface area contributed by atoms with E-state index in [-0.39, 0.29) is 16.9 Å². The lowest BCUT2D eigenvalue weighted by atomic mass is 10.1. The maximum Gasteiger partial charge on any atom is 0.257 e. The van der Waals surface area contributed by atoms with Gasteiger partial charge in [0.05, 0.1) is 6.04 Å². The predicted molar refractivity (Wildman–Crippen MR) is 117 cm³/mol. The first kappa shape index (κ1) is 22.0. The van der Waals surface area contributed by atoms with Crippen LogP contribution in [0.25, 0.3) is 0 Å². The molecule has 2 amide bonds. The van der Waals surface area contributed by atoms with Gasteiger partial charge >= 0.3 is 0 Å². The van der Waals surface area contributed by atoms with E-state index in [0.29, 0.717) is 18.5 Å². The van der Waals surface area contributed by atoms with Gasteiger partial charge in [-0.05, 0) is 36.6 Å². The number of pyridine rings is 1. The monoisotopic (exact) mass is 421 g/mol. The number of carbonyl (C=O) groups excluding carboxylic acids is 2. The van der Waals surface area contributed by atoms with E-state index in [2.05, 4.69) is 10.6 Å². The molecule has 1 atom stereocenters. The summed E-state index contributed by atoms with van der Waals surface area (Å²) in [7, 11) is 1.43. The van der Waals surface area contributed by atoms with Crippen molar-refractivity contribution >= 4 is 11.8 Å². The third-order valence-electron chi connectivity index (χ3n) is 5.01. The number of benzene rings is 2. The fraction of sp³-hybridized carbons (Fsp3) is 0.208. The van der Waals surface area contributed by atoms with Crippen LogP contribution in [0.2, 0.25) is 0 Å². The van der Waals surface area contributed by atoms with Crippen LogP contribution in [0.4, 0.5) is 4.39 Å². The molecule has 3 rings (SSSR count). The van der Waals surface area contributed by atoms with Crippen LogP contribution in [0.3, 0.4) is 0 Å². The van der Waals surface area contributed by atoms with Gasteiger partial charge in [-0.2, -0.15) is 0 Å². The minimum Gasteiger partial charge on any atom is -0.355 e. The zero-order valence-corrected chi connectivity index (χ0v) is 17.4. The minimum absolute atomic E-state index is 0.0994. The van der Waals surface area contributed by atoms with Crippen molar-refractivity contribution in [1.29, 1.82) is 0 Å². The lowest BCUT2D eigenvalue weighted by Crippen LogP contribution is -2.35. The summed E-state index contributed by atoms with van der Waals surface area (Å²) >= 11 is 0. The molecule has 1 heterocycles. The van der Waals surface area contributed by atoms with Crippen molar-refractivity contribution in [3.05, 3.63) is 105 Å². The number of hydrogen-bond donors (Lipinski definition) is 2. The second-order valence-electron chi connectivity index (χ2n) is 7.21. The summed E-state index contributed by atoms with van der Waals surface area (Å²) in [6.07, 6.45) is 3.60. The highest BCUT2D eigenvalue weighted by Gasteiger charge is 2.20. The third kappa shape index (κ3) is 5.45. The van der Waals surface area contributed by atoms with Crippen molar-refractivity contribution < 1.29 is 14.0 Å². The molecule has 0 radical (unpaired) electrons. The number of carbonyl (C=O) groups is 2. The Labute approximate surface area is 179 Å². The maximum absolute atomic E-state index is 13.2. The number of aryl methyl sites for hydroxylation is 2. The molecule has 0 unspecified atom stereocenters. The van der Waals surface area contributed by atoms with Gasteiger partial charge in [-0.25, -0.2) is 4.39 Å². The van der Waals surface area contributed by atoms with Gasteiger partial charge in [0, 0.05) is 26.0 Å². The van der Waals surface area contributed by atoms with Crippen molar-refractivity contribution in [3.8, 4) is 0 Å². The Kier molecular flexibility index (Phi) is 6.97. The molecule has 0 saturated heterocycles. The highest BCUT2D eigenvalue weighted by atomic mass is 19.1. The molecule has 2 aromatic carbocycles. The van der Waals surface area contributed by atoms with E-state index in [9.17, 15) is 18.8 Å². The first-order chi connectivity index (χ1) is 14.9. The Balaban J connectivity index is 1.87. The molecule has 3 aromatic rings. The highest BCUT2D eigenvalue weighted by Crippen LogP contribution is 2.13. The molecule has 160 valence electrons. The Morgan fingerprint density at radius 1 is 0.968 bits per heavy atom. The summed E-state index contributed by atoms with van der Waals surface area (Å²) in [5, 5.41) is 5.19. The normalized spacial score (nSPS) is 11.6. The zero-order chi connectivity index (χ0) is 22.4. The fourth-order valence-corrected chi connectivity index (χ4v) is 3.23. The second kappa shape index (κ2) is 9.84. The first-order valence-electron chi connectivity index (χ1n) is 9.95. The average molecular weight is 421 g/mol. The lowest BCUT2D eigenvalue weighted by molar-refractivity contribution is 0.0938. The topological polar surface area (TPSA) is 80.2 Å². The summed E-state index contributed by atoms with van der Waals surface area (Å²) in [6, 6.07) is 15.1. The molecule has 0 fully saturated rings. The number of aromatic nitrogens is 1. The fourth-order valence-electron chi connectivity index (χ4n) is 3.23. The second-order valence-corrected chi connectivity index (χ2v) is 7.21. The number of hydrogen-bond acceptors (Lipinski definition) is 3. The van der Waals surface area contributed by atoms with Gasteiger partial charge in [0.25, 0.3) is 11.8 Å². The standard InChI is InChI=1S/C24H24FN3O3/c1-16(18-8-10-19(25)11-9-18)27-24(31)21-15-28(13-12-17-6-4-3-5-7-17)14-20(22(21)29)23(30)26-2/h3-11,14-16H,12-13H2,1-2H3,(H,26,30)(H,27,31)/t16-/m0/s1. The third-order valence-corrected chi connectivity index (χ3v) is 5.01. The smallest absolute Gasteiger partial charge is 0.257 e. The number of amides is 2. The van der Waals surface area contributed by atoms with E-state index in [4.69, 9.17) is 0 Å². The Bertz CT molecular complexity index is 1130. The molecule has 7 heteroatoms. The van der Waals surface area contributed by atoms with Gasteiger partial charge in [0.2, 0.25) is 5.43 Å². The number of rotatable bonds is 7. The predicted octanol–water partition coefficient (Wildman–Crippen LogP) is 3.08. The zero-order valence-electron chi connectivity index (χ0n) is 17.4. The average Bonchev–Trinajstić information content (AvgIpc) is 2.78. The van der Waals surface area contributed by atoms with E-state index in [1.165, 1.54) is 31.6 Å². The van der Waals surface area contributed by atoms with Gasteiger partial charge in [0.1, 0.15) is 16.9 Å². The van der Waals surface area contributed by atoms with Gasteiger partial charge in [0.15, 0.2) is 0 Å². The molecular formula is C24H24FN3O3. The molecule has 0 aliphatic carbocycles. The molecule has 0 aliphatic heterocycles. The highest BCUT2D eigenvalue weighted by molar-refractivity contribution is 5.99. The van der Waals surface area contributed by atoms with Crippen LogP contribution in [0.15, 0.2) is 71.8 Å². The summed E-state index contributed by atoms with van der Waals surface area (Å²) in [5.41, 5.74) is 0.931. The number of nitrogens with one attached hydrogen (secondary N) is 2. The van der Waals surface area contributed by atoms with Crippen molar-refractivity contribution in [3.63, 3.8) is 0 Å². The molecule has 6 nitrogen and oxygen atoms in total. The van der Waals surface area contributed by atoms with Crippen molar-refractivity contribution in [2.75, 3.05) is 7.05 Å². The van der Waals surface area contributed by atoms with E-state index < -0.39 is 23.3 Å². The molecule has 2 N–H and O–H groups in total. The molecule has 0 aliphatic rings. The largest absolute Gasteiger partial charge is 0.355 e. The number of nitrogens with zero attached hydrogens (tertiary/aromatic N) is 1. The van der Waals surface area contributed by atoms with Gasteiger partial charge in [-0.15, -0.1) is 0 Å². The van der Waals surface area contributed by atoms with Gasteiger partial charge in [-0.3, -0.25) is 14.4 Å². The van der Waals surface area contributed by atoms with Crippen molar-refractivity contribution in [2.24, 2.45) is 0 Å². The SMILES string of the molecule is CNC(=O)c1cn(CCc2ccccc2)cc(C(=O)N[C@@H](C)c2ccc(F)cc2)c1=O. The summed E-state index contributed by atoms with van der Waals surface area (Å²) < 4.78 is 14.8. The van der Waals surface area contributed by atoms with Crippen LogP contribution in [-0.4, -0.2) is 23.4 Å². The van der Waals surface area contributed by atoms with Crippen LogP contribution >= 0.6 is 0 Å². The van der Waals surface area contributed by atoms with E-state index >= 15 is 0 Å². The van der Waals surface area contributed by atoms with Crippen LogP contribution in [0.5, 0.6) is 0 Å². The van der Waals surface area contributed by atoms with Gasteiger partial charge < -0.3 is 15.2 Å². The van der Waals surface area contributed by atoms with Crippen molar-refractivity contribution in [1.82, 2.24) is 15.2 Å². The Morgan fingerprint density at radius 3 is 2.19 bits per heavy atom. The molecule has 31 heavy (non-hydrogen) atoms. The Hall–Kier alpha value is -3.74. The molecule has 0 saturated carbocycles. The van der Waals surface area contributed by atoms with Gasteiger partial charge in [-0.1, -0.05) is 42.5 Å². The van der Waals surface area contributed by atoms with Crippen LogP contribution in [-0.2, 0) is 13.0 Å². The van der Waals surface area contributed by atoms with Crippen molar-refractivity contribution in [2.45, 2.75) is 25.9 Å². The summed E-state index contributed by atoms with van der Waals surface area (Å²) in [5.74, 6) is -1.53. The van der Waals surface area contributed by atoms with E-state index in [0.717, 1.165) is 5.56 Å². The molecule has 0 spiro atoms. The quantitative estimate of drug-likeness (QED) is 0.615. The Morgan fingerprint density at radius 2 is 1.58 bits per heavy atom. The number of halogens is 1. The maximum atomic E-state index is 13.2. The minimum atomic E-state index is -0.640. The molecule has 1 aromatic heterocycles. The summed E-state index contributed by atoms with van der Waals surface area (Å²) in [6.45, 7) is 2.23. The van der Waals surface area contributed by atoms with Crippen LogP contribution in [0, 0.1) is 5.82 Å². The van der Waals surface area contributed by atoms with E-state index in [1.54, 1.807) is 23.6 Å². The molecule has 0 bridgehead atoms. The lowest BCUT2D eigenvalue weighted by Gasteiger charge is -2.16. The summed E-state index contributed by atoms with van der Waals surface area (Å²) in [4.78, 5) is 37.9. The molecular weight excluding hydrogens is 397 g/mol. The first-order valence-corrected chi connectivity index (χ1v) is 9.95.